The van der Waals surface area contributed by atoms with Crippen molar-refractivity contribution in [3.8, 4) is 6.07 Å². The molecule has 0 radical (unpaired) electrons. The van der Waals surface area contributed by atoms with Gasteiger partial charge in [-0.25, -0.2) is 4.39 Å². The summed E-state index contributed by atoms with van der Waals surface area (Å²) in [5.74, 6) is 0.117. The Morgan fingerprint density at radius 2 is 2.12 bits per heavy atom. The molecule has 0 spiro atoms. The van der Waals surface area contributed by atoms with Gasteiger partial charge in [-0.3, -0.25) is 4.99 Å². The molecule has 0 aliphatic heterocycles. The maximum atomic E-state index is 13.4. The van der Waals surface area contributed by atoms with Gasteiger partial charge in [0.25, 0.3) is 0 Å². The second-order valence-corrected chi connectivity index (χ2v) is 6.41. The first-order chi connectivity index (χ1) is 11.4. The zero-order valence-corrected chi connectivity index (χ0v) is 14.7. The van der Waals surface area contributed by atoms with Crippen molar-refractivity contribution >= 4 is 11.8 Å². The van der Waals surface area contributed by atoms with Crippen molar-refractivity contribution in [3.05, 3.63) is 64.5 Å². The predicted octanol–water partition coefficient (Wildman–Crippen LogP) is 5.28. The van der Waals surface area contributed by atoms with E-state index in [0.717, 1.165) is 23.3 Å². The Labute approximate surface area is 143 Å². The molecule has 1 aliphatic carbocycles. The zero-order chi connectivity index (χ0) is 17.7. The summed E-state index contributed by atoms with van der Waals surface area (Å²) in [6.07, 6.45) is 8.28. The summed E-state index contributed by atoms with van der Waals surface area (Å²) < 4.78 is 13.4. The lowest BCUT2D eigenvalue weighted by atomic mass is 9.95. The van der Waals surface area contributed by atoms with Crippen molar-refractivity contribution in [1.82, 2.24) is 0 Å². The van der Waals surface area contributed by atoms with Crippen molar-refractivity contribution in [2.45, 2.75) is 40.2 Å². The van der Waals surface area contributed by atoms with Crippen LogP contribution in [-0.2, 0) is 6.42 Å². The molecule has 0 bridgehead atoms. The minimum atomic E-state index is -0.208. The number of rotatable bonds is 5. The lowest BCUT2D eigenvalue weighted by Crippen LogP contribution is -2.17. The smallest absolute Gasteiger partial charge is 0.123 e. The molecule has 0 fully saturated rings. The Hall–Kier alpha value is -2.47. The van der Waals surface area contributed by atoms with Gasteiger partial charge in [-0.2, -0.15) is 5.26 Å². The van der Waals surface area contributed by atoms with Crippen molar-refractivity contribution in [1.29, 1.82) is 5.26 Å². The standard InChI is InChI=1S/C21H23FN2/c1-5-6-16(13-23)9-15(4)24-21(14(2)3)19-10-17-7-8-20(22)12-18(17)11-19/h5-9,11-12,14,21H,10H2,1-4H3/b6-5-,16-9+,24-15?. The van der Waals surface area contributed by atoms with Crippen LogP contribution in [0.25, 0.3) is 6.08 Å². The Morgan fingerprint density at radius 1 is 1.38 bits per heavy atom. The number of nitrogens with zero attached hydrogens (tertiary/aromatic N) is 2. The van der Waals surface area contributed by atoms with Crippen LogP contribution in [-0.4, -0.2) is 11.8 Å². The summed E-state index contributed by atoms with van der Waals surface area (Å²) in [6, 6.07) is 7.13. The van der Waals surface area contributed by atoms with Crippen LogP contribution in [0.15, 0.2) is 52.6 Å². The molecule has 1 aromatic carbocycles. The number of aliphatic imine (C=N–C) groups is 1. The number of fused-ring (bicyclic) bond motifs is 1. The van der Waals surface area contributed by atoms with Crippen LogP contribution in [0.4, 0.5) is 4.39 Å². The molecule has 124 valence electrons. The molecule has 2 rings (SSSR count). The molecule has 0 amide bonds. The zero-order valence-electron chi connectivity index (χ0n) is 14.7. The molecule has 2 nitrogen and oxygen atoms in total. The summed E-state index contributed by atoms with van der Waals surface area (Å²) in [5, 5.41) is 9.13. The van der Waals surface area contributed by atoms with Crippen LogP contribution in [0.2, 0.25) is 0 Å². The van der Waals surface area contributed by atoms with E-state index in [9.17, 15) is 4.39 Å². The molecular weight excluding hydrogens is 299 g/mol. The lowest BCUT2D eigenvalue weighted by molar-refractivity contribution is 0.547. The van der Waals surface area contributed by atoms with E-state index in [1.54, 1.807) is 18.2 Å². The van der Waals surface area contributed by atoms with Gasteiger partial charge in [-0.05, 0) is 67.2 Å². The van der Waals surface area contributed by atoms with Crippen LogP contribution in [0, 0.1) is 23.1 Å². The first-order valence-electron chi connectivity index (χ1n) is 8.22. The fourth-order valence-electron chi connectivity index (χ4n) is 2.96. The summed E-state index contributed by atoms with van der Waals surface area (Å²) >= 11 is 0. The summed E-state index contributed by atoms with van der Waals surface area (Å²) in [4.78, 5) is 4.83. The second-order valence-electron chi connectivity index (χ2n) is 6.41. The second kappa shape index (κ2) is 7.88. The number of nitriles is 1. The number of halogens is 1. The van der Waals surface area contributed by atoms with E-state index in [-0.39, 0.29) is 11.9 Å². The van der Waals surface area contributed by atoms with Gasteiger partial charge in [0.15, 0.2) is 0 Å². The maximum Gasteiger partial charge on any atom is 0.123 e. The molecule has 0 heterocycles. The van der Waals surface area contributed by atoms with Gasteiger partial charge in [0.05, 0.1) is 17.7 Å². The van der Waals surface area contributed by atoms with E-state index in [0.29, 0.717) is 11.5 Å². The van der Waals surface area contributed by atoms with Gasteiger partial charge in [0, 0.05) is 5.71 Å². The van der Waals surface area contributed by atoms with Gasteiger partial charge in [0.2, 0.25) is 0 Å². The normalized spacial score (nSPS) is 16.3. The van der Waals surface area contributed by atoms with E-state index >= 15 is 0 Å². The van der Waals surface area contributed by atoms with Crippen molar-refractivity contribution in [2.24, 2.45) is 10.9 Å². The Balaban J connectivity index is 2.30. The Bertz CT molecular complexity index is 774. The van der Waals surface area contributed by atoms with Crippen LogP contribution < -0.4 is 0 Å². The largest absolute Gasteiger partial charge is 0.282 e. The minimum absolute atomic E-state index is 0.0299. The average molecular weight is 322 g/mol. The molecule has 1 unspecified atom stereocenters. The summed E-state index contributed by atoms with van der Waals surface area (Å²) in [5.41, 5.74) is 4.71. The van der Waals surface area contributed by atoms with E-state index in [1.807, 2.05) is 26.0 Å². The molecule has 0 aromatic heterocycles. The third-order valence-corrected chi connectivity index (χ3v) is 4.04. The molecule has 0 saturated heterocycles. The molecular formula is C21H23FN2. The highest BCUT2D eigenvalue weighted by molar-refractivity contribution is 5.94. The van der Waals surface area contributed by atoms with Gasteiger partial charge in [-0.15, -0.1) is 0 Å². The van der Waals surface area contributed by atoms with E-state index < -0.39 is 0 Å². The average Bonchev–Trinajstić information content (AvgIpc) is 2.94. The molecule has 1 aromatic rings. The topological polar surface area (TPSA) is 36.1 Å². The lowest BCUT2D eigenvalue weighted by Gasteiger charge is -2.19. The van der Waals surface area contributed by atoms with Crippen molar-refractivity contribution < 1.29 is 4.39 Å². The molecule has 0 N–H and O–H groups in total. The van der Waals surface area contributed by atoms with Crippen LogP contribution in [0.3, 0.4) is 0 Å². The molecule has 1 atom stereocenters. The van der Waals surface area contributed by atoms with Gasteiger partial charge < -0.3 is 0 Å². The maximum absolute atomic E-state index is 13.4. The SMILES string of the molecule is C/C=C\C(C#N)=C/C(C)=NC(C1=Cc2cc(F)ccc2C1)C(C)C. The highest BCUT2D eigenvalue weighted by Gasteiger charge is 2.23. The van der Waals surface area contributed by atoms with Crippen molar-refractivity contribution in [3.63, 3.8) is 0 Å². The third kappa shape index (κ3) is 4.29. The van der Waals surface area contributed by atoms with Gasteiger partial charge in [0.1, 0.15) is 5.82 Å². The molecule has 3 heteroatoms. The first kappa shape index (κ1) is 17.9. The van der Waals surface area contributed by atoms with E-state index in [1.165, 1.54) is 11.6 Å². The highest BCUT2D eigenvalue weighted by Crippen LogP contribution is 2.31. The number of hydrogen-bond acceptors (Lipinski definition) is 2. The predicted molar refractivity (Wildman–Crippen MR) is 98.3 cm³/mol. The number of allylic oxidation sites excluding steroid dienone is 4. The Kier molecular flexibility index (Phi) is 5.87. The van der Waals surface area contributed by atoms with Crippen LogP contribution >= 0.6 is 0 Å². The third-order valence-electron chi connectivity index (χ3n) is 4.04. The molecule has 0 saturated carbocycles. The quantitative estimate of drug-likeness (QED) is 0.413. The summed E-state index contributed by atoms with van der Waals surface area (Å²) in [6.45, 7) is 8.06. The van der Waals surface area contributed by atoms with Gasteiger partial charge in [-0.1, -0.05) is 32.1 Å². The fraction of sp³-hybridized carbons (Fsp3) is 0.333. The molecule has 1 aliphatic rings. The monoisotopic (exact) mass is 322 g/mol. The van der Waals surface area contributed by atoms with Crippen molar-refractivity contribution in [2.75, 3.05) is 0 Å². The van der Waals surface area contributed by atoms with E-state index in [4.69, 9.17) is 10.3 Å². The van der Waals surface area contributed by atoms with Gasteiger partial charge >= 0.3 is 0 Å². The number of benzene rings is 1. The van der Waals surface area contributed by atoms with E-state index in [2.05, 4.69) is 26.0 Å². The minimum Gasteiger partial charge on any atom is -0.282 e. The van der Waals surface area contributed by atoms with Crippen LogP contribution in [0.1, 0.15) is 38.8 Å². The van der Waals surface area contributed by atoms with Crippen LogP contribution in [0.5, 0.6) is 0 Å². The summed E-state index contributed by atoms with van der Waals surface area (Å²) in [7, 11) is 0. The molecule has 24 heavy (non-hydrogen) atoms. The highest BCUT2D eigenvalue weighted by atomic mass is 19.1. The fourth-order valence-corrected chi connectivity index (χ4v) is 2.96. The Morgan fingerprint density at radius 3 is 2.75 bits per heavy atom. The first-order valence-corrected chi connectivity index (χ1v) is 8.22. The number of hydrogen-bond donors (Lipinski definition) is 0.